The molecule has 5 heteroatoms. The van der Waals surface area contributed by atoms with Gasteiger partial charge in [-0.25, -0.2) is 4.68 Å². The molecule has 3 rings (SSSR count). The van der Waals surface area contributed by atoms with E-state index in [-0.39, 0.29) is 12.0 Å². The first-order chi connectivity index (χ1) is 10.3. The minimum atomic E-state index is -0.144. The van der Waals surface area contributed by atoms with Crippen LogP contribution < -0.4 is 0 Å². The van der Waals surface area contributed by atoms with Crippen molar-refractivity contribution >= 4 is 5.97 Å². The summed E-state index contributed by atoms with van der Waals surface area (Å²) in [6.45, 7) is 1.59. The van der Waals surface area contributed by atoms with E-state index < -0.39 is 0 Å². The largest absolute Gasteiger partial charge is 0.468 e. The van der Waals surface area contributed by atoms with E-state index in [0.29, 0.717) is 6.54 Å². The molecule has 21 heavy (non-hydrogen) atoms. The van der Waals surface area contributed by atoms with Gasteiger partial charge >= 0.3 is 5.97 Å². The summed E-state index contributed by atoms with van der Waals surface area (Å²) in [4.78, 5) is 13.9. The molecule has 0 saturated carbocycles. The van der Waals surface area contributed by atoms with Crippen LogP contribution in [0.25, 0.3) is 5.69 Å². The van der Waals surface area contributed by atoms with Crippen LogP contribution >= 0.6 is 0 Å². The zero-order valence-electron chi connectivity index (χ0n) is 12.1. The zero-order valence-corrected chi connectivity index (χ0v) is 12.1. The molecule has 2 aromatic rings. The third-order valence-electron chi connectivity index (χ3n) is 3.87. The van der Waals surface area contributed by atoms with Gasteiger partial charge in [-0.2, -0.15) is 5.10 Å². The molecule has 1 aromatic heterocycles. The first-order valence-electron chi connectivity index (χ1n) is 7.20. The summed E-state index contributed by atoms with van der Waals surface area (Å²) in [6, 6.07) is 11.9. The van der Waals surface area contributed by atoms with E-state index >= 15 is 0 Å². The fourth-order valence-electron chi connectivity index (χ4n) is 2.80. The van der Waals surface area contributed by atoms with Crippen molar-refractivity contribution < 1.29 is 9.53 Å². The molecular formula is C16H19N3O2. The topological polar surface area (TPSA) is 47.4 Å². The van der Waals surface area contributed by atoms with E-state index in [9.17, 15) is 4.79 Å². The highest BCUT2D eigenvalue weighted by molar-refractivity contribution is 5.75. The Kier molecular flexibility index (Phi) is 4.01. The minimum Gasteiger partial charge on any atom is -0.468 e. The van der Waals surface area contributed by atoms with E-state index in [1.165, 1.54) is 7.11 Å². The van der Waals surface area contributed by atoms with Crippen molar-refractivity contribution in [1.82, 2.24) is 14.7 Å². The second kappa shape index (κ2) is 6.10. The molecule has 0 N–H and O–H groups in total. The number of carbonyl (C=O) groups is 1. The molecule has 1 aromatic carbocycles. The molecule has 0 spiro atoms. The first kappa shape index (κ1) is 13.8. The van der Waals surface area contributed by atoms with E-state index in [1.54, 1.807) is 0 Å². The van der Waals surface area contributed by atoms with Crippen LogP contribution in [-0.2, 0) is 16.1 Å². The number of aromatic nitrogens is 2. The summed E-state index contributed by atoms with van der Waals surface area (Å²) < 4.78 is 6.73. The smallest absolute Gasteiger partial charge is 0.323 e. The number of rotatable bonds is 4. The van der Waals surface area contributed by atoms with Gasteiger partial charge in [0.05, 0.1) is 18.5 Å². The number of hydrogen-bond donors (Lipinski definition) is 0. The van der Waals surface area contributed by atoms with E-state index in [4.69, 9.17) is 4.74 Å². The van der Waals surface area contributed by atoms with E-state index in [0.717, 1.165) is 30.8 Å². The monoisotopic (exact) mass is 285 g/mol. The summed E-state index contributed by atoms with van der Waals surface area (Å²) in [6.07, 6.45) is 3.85. The maximum atomic E-state index is 11.8. The second-order valence-corrected chi connectivity index (χ2v) is 5.24. The van der Waals surface area contributed by atoms with Crippen LogP contribution in [0.15, 0.2) is 42.6 Å². The Morgan fingerprint density at radius 3 is 2.90 bits per heavy atom. The van der Waals surface area contributed by atoms with Crippen LogP contribution in [-0.4, -0.2) is 40.3 Å². The van der Waals surface area contributed by atoms with Gasteiger partial charge in [-0.15, -0.1) is 0 Å². The van der Waals surface area contributed by atoms with E-state index in [1.807, 2.05) is 47.3 Å². The first-order valence-corrected chi connectivity index (χ1v) is 7.20. The van der Waals surface area contributed by atoms with Gasteiger partial charge in [0.1, 0.15) is 6.04 Å². The Labute approximate surface area is 124 Å². The molecule has 1 aliphatic rings. The number of benzene rings is 1. The van der Waals surface area contributed by atoms with Crippen LogP contribution in [0.2, 0.25) is 0 Å². The van der Waals surface area contributed by atoms with Crippen LogP contribution in [0.1, 0.15) is 18.5 Å². The van der Waals surface area contributed by atoms with Crippen molar-refractivity contribution in [1.29, 1.82) is 0 Å². The number of para-hydroxylation sites is 1. The highest BCUT2D eigenvalue weighted by Crippen LogP contribution is 2.20. The quantitative estimate of drug-likeness (QED) is 0.806. The normalized spacial score (nSPS) is 18.8. The molecule has 0 amide bonds. The summed E-state index contributed by atoms with van der Waals surface area (Å²) >= 11 is 0. The predicted octanol–water partition coefficient (Wildman–Crippen LogP) is 2.01. The highest BCUT2D eigenvalue weighted by atomic mass is 16.5. The molecule has 1 aliphatic heterocycles. The molecule has 1 fully saturated rings. The van der Waals surface area contributed by atoms with Crippen molar-refractivity contribution in [3.05, 3.63) is 48.3 Å². The Morgan fingerprint density at radius 2 is 2.14 bits per heavy atom. The molecular weight excluding hydrogens is 266 g/mol. The van der Waals surface area contributed by atoms with Gasteiger partial charge in [-0.1, -0.05) is 18.2 Å². The van der Waals surface area contributed by atoms with Crippen molar-refractivity contribution in [3.8, 4) is 5.69 Å². The van der Waals surface area contributed by atoms with Gasteiger partial charge in [0.15, 0.2) is 0 Å². The van der Waals surface area contributed by atoms with Crippen molar-refractivity contribution in [2.24, 2.45) is 0 Å². The highest BCUT2D eigenvalue weighted by Gasteiger charge is 2.31. The molecule has 1 saturated heterocycles. The SMILES string of the molecule is COC(=O)C1CCCN1Cc1ccn(-c2ccccc2)n1. The zero-order chi connectivity index (χ0) is 14.7. The molecule has 0 bridgehead atoms. The van der Waals surface area contributed by atoms with Gasteiger partial charge in [0.2, 0.25) is 0 Å². The fourth-order valence-corrected chi connectivity index (χ4v) is 2.80. The minimum absolute atomic E-state index is 0.128. The molecule has 5 nitrogen and oxygen atoms in total. The van der Waals surface area contributed by atoms with Gasteiger partial charge < -0.3 is 4.74 Å². The molecule has 110 valence electrons. The Balaban J connectivity index is 1.71. The maximum Gasteiger partial charge on any atom is 0.323 e. The maximum absolute atomic E-state index is 11.8. The lowest BCUT2D eigenvalue weighted by atomic mass is 10.2. The van der Waals surface area contributed by atoms with Crippen LogP contribution in [0, 0.1) is 0 Å². The average Bonchev–Trinajstić information content (AvgIpc) is 3.17. The van der Waals surface area contributed by atoms with Crippen LogP contribution in [0.3, 0.4) is 0 Å². The number of ether oxygens (including phenoxy) is 1. The van der Waals surface area contributed by atoms with Crippen LogP contribution in [0.4, 0.5) is 0 Å². The van der Waals surface area contributed by atoms with Crippen LogP contribution in [0.5, 0.6) is 0 Å². The van der Waals surface area contributed by atoms with Crippen molar-refractivity contribution in [2.45, 2.75) is 25.4 Å². The molecule has 1 unspecified atom stereocenters. The van der Waals surface area contributed by atoms with Gasteiger partial charge in [-0.3, -0.25) is 9.69 Å². The molecule has 2 heterocycles. The number of likely N-dealkylation sites (tertiary alicyclic amines) is 1. The number of nitrogens with zero attached hydrogens (tertiary/aromatic N) is 3. The number of esters is 1. The van der Waals surface area contributed by atoms with Gasteiger partial charge in [-0.05, 0) is 37.6 Å². The standard InChI is InChI=1S/C16H19N3O2/c1-21-16(20)15-8-5-10-18(15)12-13-9-11-19(17-13)14-6-3-2-4-7-14/h2-4,6-7,9,11,15H,5,8,10,12H2,1H3. The summed E-state index contributed by atoms with van der Waals surface area (Å²) in [5.74, 6) is -0.144. The molecule has 0 radical (unpaired) electrons. The number of carbonyl (C=O) groups excluding carboxylic acids is 1. The average molecular weight is 285 g/mol. The Morgan fingerprint density at radius 1 is 1.33 bits per heavy atom. The summed E-state index contributed by atoms with van der Waals surface area (Å²) in [5, 5.41) is 4.59. The molecule has 1 atom stereocenters. The van der Waals surface area contributed by atoms with Crippen molar-refractivity contribution in [3.63, 3.8) is 0 Å². The van der Waals surface area contributed by atoms with Gasteiger partial charge in [0, 0.05) is 12.7 Å². The van der Waals surface area contributed by atoms with Gasteiger partial charge in [0.25, 0.3) is 0 Å². The number of methoxy groups -OCH3 is 1. The Bertz CT molecular complexity index is 609. The summed E-state index contributed by atoms with van der Waals surface area (Å²) in [5.41, 5.74) is 2.00. The predicted molar refractivity (Wildman–Crippen MR) is 79.0 cm³/mol. The Hall–Kier alpha value is -2.14. The third-order valence-corrected chi connectivity index (χ3v) is 3.87. The second-order valence-electron chi connectivity index (χ2n) is 5.24. The third kappa shape index (κ3) is 2.97. The lowest BCUT2D eigenvalue weighted by Gasteiger charge is -2.21. The lowest BCUT2D eigenvalue weighted by molar-refractivity contribution is -0.146. The lowest BCUT2D eigenvalue weighted by Crippen LogP contribution is -2.36. The fraction of sp³-hybridized carbons (Fsp3) is 0.375. The van der Waals surface area contributed by atoms with Crippen molar-refractivity contribution in [2.75, 3.05) is 13.7 Å². The summed E-state index contributed by atoms with van der Waals surface area (Å²) in [7, 11) is 1.45. The molecule has 0 aliphatic carbocycles. The van der Waals surface area contributed by atoms with E-state index in [2.05, 4.69) is 10.00 Å². The number of hydrogen-bond acceptors (Lipinski definition) is 4.